The zero-order valence-electron chi connectivity index (χ0n) is 5.25. The van der Waals surface area contributed by atoms with Gasteiger partial charge in [-0.1, -0.05) is 0 Å². The van der Waals surface area contributed by atoms with Crippen molar-refractivity contribution in [3.05, 3.63) is 0 Å². The highest BCUT2D eigenvalue weighted by Crippen LogP contribution is 2.07. The van der Waals surface area contributed by atoms with Crippen LogP contribution in [-0.2, 0) is 0 Å². The molecule has 1 fully saturated rings. The van der Waals surface area contributed by atoms with Gasteiger partial charge < -0.3 is 10.0 Å². The van der Waals surface area contributed by atoms with Gasteiger partial charge in [0.1, 0.15) is 0 Å². The lowest BCUT2D eigenvalue weighted by atomic mass is 10.1. The Kier molecular flexibility index (Phi) is 1.91. The minimum atomic E-state index is -0.172. The van der Waals surface area contributed by atoms with Gasteiger partial charge in [0.25, 0.3) is 0 Å². The predicted octanol–water partition coefficient (Wildman–Crippen LogP) is -0.0758. The lowest BCUT2D eigenvalue weighted by Crippen LogP contribution is -2.32. The third-order valence-corrected chi connectivity index (χ3v) is 1.61. The van der Waals surface area contributed by atoms with Gasteiger partial charge in [-0.2, -0.15) is 5.26 Å². The molecule has 3 nitrogen and oxygen atoms in total. The number of nitriles is 1. The fraction of sp³-hybridized carbons (Fsp3) is 0.833. The summed E-state index contributed by atoms with van der Waals surface area (Å²) >= 11 is 0. The van der Waals surface area contributed by atoms with Crippen LogP contribution in [-0.4, -0.2) is 29.2 Å². The largest absolute Gasteiger partial charge is 0.393 e. The Morgan fingerprint density at radius 3 is 2.44 bits per heavy atom. The van der Waals surface area contributed by atoms with E-state index in [-0.39, 0.29) is 6.10 Å². The van der Waals surface area contributed by atoms with Crippen molar-refractivity contribution in [3.63, 3.8) is 0 Å². The minimum Gasteiger partial charge on any atom is -0.393 e. The summed E-state index contributed by atoms with van der Waals surface area (Å²) in [5, 5.41) is 17.4. The maximum Gasteiger partial charge on any atom is 0.179 e. The van der Waals surface area contributed by atoms with E-state index in [0.29, 0.717) is 0 Å². The van der Waals surface area contributed by atoms with Crippen molar-refractivity contribution in [3.8, 4) is 6.19 Å². The number of hydrogen-bond acceptors (Lipinski definition) is 3. The summed E-state index contributed by atoms with van der Waals surface area (Å²) in [6.07, 6.45) is 3.36. The predicted molar refractivity (Wildman–Crippen MR) is 32.4 cm³/mol. The molecule has 0 spiro atoms. The van der Waals surface area contributed by atoms with Crippen LogP contribution < -0.4 is 0 Å². The second-order valence-corrected chi connectivity index (χ2v) is 2.32. The Hall–Kier alpha value is -0.750. The monoisotopic (exact) mass is 126 g/mol. The highest BCUT2D eigenvalue weighted by Gasteiger charge is 2.14. The molecule has 0 unspecified atom stereocenters. The second kappa shape index (κ2) is 2.70. The molecule has 9 heavy (non-hydrogen) atoms. The first-order valence-electron chi connectivity index (χ1n) is 3.15. The molecule has 0 aromatic rings. The fourth-order valence-electron chi connectivity index (χ4n) is 0.966. The molecule has 1 aliphatic heterocycles. The van der Waals surface area contributed by atoms with Gasteiger partial charge in [-0.15, -0.1) is 0 Å². The van der Waals surface area contributed by atoms with Gasteiger partial charge in [0.15, 0.2) is 6.19 Å². The molecule has 1 aliphatic rings. The highest BCUT2D eigenvalue weighted by atomic mass is 16.3. The molecule has 1 saturated heterocycles. The standard InChI is InChI=1S/C6H10N2O/c7-5-8-3-1-6(9)2-4-8/h6,9H,1-4H2. The van der Waals surface area contributed by atoms with Crippen molar-refractivity contribution < 1.29 is 5.11 Å². The van der Waals surface area contributed by atoms with Crippen molar-refractivity contribution in [1.82, 2.24) is 4.90 Å². The number of nitrogens with zero attached hydrogens (tertiary/aromatic N) is 2. The molecule has 0 aromatic carbocycles. The van der Waals surface area contributed by atoms with E-state index >= 15 is 0 Å². The third-order valence-electron chi connectivity index (χ3n) is 1.61. The molecule has 0 amide bonds. The minimum absolute atomic E-state index is 0.172. The van der Waals surface area contributed by atoms with Gasteiger partial charge in [-0.05, 0) is 12.8 Å². The molecule has 1 heterocycles. The van der Waals surface area contributed by atoms with E-state index in [9.17, 15) is 0 Å². The molecular weight excluding hydrogens is 116 g/mol. The number of piperidine rings is 1. The molecule has 0 aliphatic carbocycles. The molecular formula is C6H10N2O. The van der Waals surface area contributed by atoms with Gasteiger partial charge in [-0.25, -0.2) is 0 Å². The number of aliphatic hydroxyl groups is 1. The molecule has 0 atom stereocenters. The topological polar surface area (TPSA) is 47.3 Å². The van der Waals surface area contributed by atoms with Crippen molar-refractivity contribution in [1.29, 1.82) is 5.26 Å². The highest BCUT2D eigenvalue weighted by molar-refractivity contribution is 4.79. The molecule has 1 rings (SSSR count). The van der Waals surface area contributed by atoms with E-state index in [1.165, 1.54) is 0 Å². The molecule has 50 valence electrons. The molecule has 3 heteroatoms. The Labute approximate surface area is 54.5 Å². The normalized spacial score (nSPS) is 21.6. The smallest absolute Gasteiger partial charge is 0.179 e. The molecule has 0 aromatic heterocycles. The summed E-state index contributed by atoms with van der Waals surface area (Å²) in [5.74, 6) is 0. The first-order valence-corrected chi connectivity index (χ1v) is 3.15. The Balaban J connectivity index is 2.28. The number of aliphatic hydroxyl groups excluding tert-OH is 1. The van der Waals surface area contributed by atoms with Crippen LogP contribution in [0, 0.1) is 11.5 Å². The quantitative estimate of drug-likeness (QED) is 0.462. The van der Waals surface area contributed by atoms with Gasteiger partial charge in [0, 0.05) is 13.1 Å². The summed E-state index contributed by atoms with van der Waals surface area (Å²) in [6, 6.07) is 0. The zero-order chi connectivity index (χ0) is 6.69. The van der Waals surface area contributed by atoms with E-state index in [0.717, 1.165) is 25.9 Å². The van der Waals surface area contributed by atoms with E-state index in [2.05, 4.69) is 0 Å². The van der Waals surface area contributed by atoms with Crippen molar-refractivity contribution in [2.45, 2.75) is 18.9 Å². The molecule has 0 bridgehead atoms. The van der Waals surface area contributed by atoms with Crippen LogP contribution in [0.3, 0.4) is 0 Å². The van der Waals surface area contributed by atoms with E-state index in [4.69, 9.17) is 10.4 Å². The average molecular weight is 126 g/mol. The SMILES string of the molecule is N#CN1CCC(O)CC1. The van der Waals surface area contributed by atoms with Gasteiger partial charge in [0.05, 0.1) is 6.10 Å². The first kappa shape index (κ1) is 6.37. The third kappa shape index (κ3) is 1.58. The average Bonchev–Trinajstić information content (AvgIpc) is 1.90. The van der Waals surface area contributed by atoms with Gasteiger partial charge in [-0.3, -0.25) is 0 Å². The van der Waals surface area contributed by atoms with E-state index in [1.54, 1.807) is 4.90 Å². The van der Waals surface area contributed by atoms with Crippen LogP contribution in [0.25, 0.3) is 0 Å². The summed E-state index contributed by atoms with van der Waals surface area (Å²) in [7, 11) is 0. The van der Waals surface area contributed by atoms with Crippen LogP contribution in [0.4, 0.5) is 0 Å². The summed E-state index contributed by atoms with van der Waals surface area (Å²) in [6.45, 7) is 1.44. The lowest BCUT2D eigenvalue weighted by molar-refractivity contribution is 0.105. The molecule has 0 radical (unpaired) electrons. The zero-order valence-corrected chi connectivity index (χ0v) is 5.25. The second-order valence-electron chi connectivity index (χ2n) is 2.32. The number of hydrogen-bond donors (Lipinski definition) is 1. The van der Waals surface area contributed by atoms with Gasteiger partial charge >= 0.3 is 0 Å². The van der Waals surface area contributed by atoms with Gasteiger partial charge in [0.2, 0.25) is 0 Å². The van der Waals surface area contributed by atoms with Crippen LogP contribution in [0.15, 0.2) is 0 Å². The van der Waals surface area contributed by atoms with Crippen molar-refractivity contribution >= 4 is 0 Å². The lowest BCUT2D eigenvalue weighted by Gasteiger charge is -2.24. The molecule has 0 saturated carbocycles. The molecule has 1 N–H and O–H groups in total. The van der Waals surface area contributed by atoms with Crippen LogP contribution >= 0.6 is 0 Å². The number of rotatable bonds is 0. The Bertz CT molecular complexity index is 122. The Morgan fingerprint density at radius 2 is 2.00 bits per heavy atom. The van der Waals surface area contributed by atoms with Crippen molar-refractivity contribution in [2.24, 2.45) is 0 Å². The number of likely N-dealkylation sites (tertiary alicyclic amines) is 1. The summed E-state index contributed by atoms with van der Waals surface area (Å²) in [4.78, 5) is 1.67. The maximum atomic E-state index is 8.99. The van der Waals surface area contributed by atoms with Crippen LogP contribution in [0.1, 0.15) is 12.8 Å². The fourth-order valence-corrected chi connectivity index (χ4v) is 0.966. The maximum absolute atomic E-state index is 8.99. The van der Waals surface area contributed by atoms with Crippen LogP contribution in [0.2, 0.25) is 0 Å². The van der Waals surface area contributed by atoms with Crippen molar-refractivity contribution in [2.75, 3.05) is 13.1 Å². The van der Waals surface area contributed by atoms with E-state index in [1.807, 2.05) is 6.19 Å². The summed E-state index contributed by atoms with van der Waals surface area (Å²) < 4.78 is 0. The summed E-state index contributed by atoms with van der Waals surface area (Å²) in [5.41, 5.74) is 0. The Morgan fingerprint density at radius 1 is 1.44 bits per heavy atom. The van der Waals surface area contributed by atoms with E-state index < -0.39 is 0 Å². The first-order chi connectivity index (χ1) is 4.33. The van der Waals surface area contributed by atoms with Crippen LogP contribution in [0.5, 0.6) is 0 Å².